The minimum Gasteiger partial charge on any atom is -0.383 e. The van der Waals surface area contributed by atoms with E-state index in [1.54, 1.807) is 41.5 Å². The molecule has 8 nitrogen and oxygen atoms in total. The zero-order valence-electron chi connectivity index (χ0n) is 29.8. The number of nitrogens with one attached hydrogen (secondary N) is 2. The minimum atomic E-state index is -1.49. The molecule has 2 amide bonds. The topological polar surface area (TPSA) is 122 Å². The Morgan fingerprint density at radius 3 is 2.00 bits per heavy atom. The predicted molar refractivity (Wildman–Crippen MR) is 182 cm³/mol. The number of rotatable bonds is 18. The summed E-state index contributed by atoms with van der Waals surface area (Å²) in [5.41, 5.74) is -0.961. The second-order valence-corrected chi connectivity index (χ2v) is 15.5. The molecule has 0 aromatic heterocycles. The first-order chi connectivity index (χ1) is 22.2. The molecule has 2 aromatic rings. The normalized spacial score (nSPS) is 14.1. The maximum atomic E-state index is 14.4. The maximum Gasteiger partial charge on any atom is 0.225 e. The van der Waals surface area contributed by atoms with E-state index in [2.05, 4.69) is 10.6 Å². The zero-order valence-corrected chi connectivity index (χ0v) is 29.8. The molecule has 2 aromatic carbocycles. The quantitative estimate of drug-likeness (QED) is 0.172. The monoisotopic (exact) mass is 672 g/mol. The third-order valence-corrected chi connectivity index (χ3v) is 8.21. The molecule has 0 unspecified atom stereocenters. The van der Waals surface area contributed by atoms with Gasteiger partial charge in [-0.1, -0.05) is 85.7 Å². The number of benzene rings is 2. The summed E-state index contributed by atoms with van der Waals surface area (Å²) in [4.78, 5) is 51.7. The molecule has 0 saturated heterocycles. The molecule has 48 heavy (non-hydrogen) atoms. The number of Topliss-reactive ketones (excluding diaryl/α,β-unsaturated/α-hetero) is 2. The SMILES string of the molecule is CC(C)(CCC(=O)C[C@H](Cc1cc(F)ccc1F)NC(=O)C(C)(C)C)CCC(=O)[C@@H](O)[C@@H](COCc1ccccc1)NC(=O)C(C)(C)C. The summed E-state index contributed by atoms with van der Waals surface area (Å²) < 4.78 is 34.0. The first kappa shape index (κ1) is 40.7. The van der Waals surface area contributed by atoms with Gasteiger partial charge in [-0.25, -0.2) is 8.78 Å². The Labute approximate surface area is 284 Å². The number of aliphatic hydroxyl groups is 1. The number of amides is 2. The molecule has 0 spiro atoms. The highest BCUT2D eigenvalue weighted by atomic mass is 19.1. The van der Waals surface area contributed by atoms with Gasteiger partial charge >= 0.3 is 0 Å². The molecule has 0 bridgehead atoms. The van der Waals surface area contributed by atoms with Crippen molar-refractivity contribution in [1.82, 2.24) is 10.6 Å². The molecule has 0 aliphatic heterocycles. The van der Waals surface area contributed by atoms with Crippen LogP contribution in [0.15, 0.2) is 48.5 Å². The van der Waals surface area contributed by atoms with Gasteiger partial charge in [-0.3, -0.25) is 19.2 Å². The van der Waals surface area contributed by atoms with Gasteiger partial charge in [0, 0.05) is 36.1 Å². The van der Waals surface area contributed by atoms with Crippen LogP contribution in [0.1, 0.15) is 98.6 Å². The fourth-order valence-corrected chi connectivity index (χ4v) is 4.83. The van der Waals surface area contributed by atoms with E-state index in [1.807, 2.05) is 44.2 Å². The molecule has 266 valence electrons. The number of aliphatic hydroxyl groups excluding tert-OH is 1. The van der Waals surface area contributed by atoms with E-state index in [1.165, 1.54) is 0 Å². The van der Waals surface area contributed by atoms with Crippen molar-refractivity contribution in [2.45, 2.75) is 119 Å². The van der Waals surface area contributed by atoms with Crippen LogP contribution in [0, 0.1) is 27.9 Å². The lowest BCUT2D eigenvalue weighted by atomic mass is 9.80. The van der Waals surface area contributed by atoms with Gasteiger partial charge < -0.3 is 20.5 Å². The first-order valence-corrected chi connectivity index (χ1v) is 16.6. The minimum absolute atomic E-state index is 0.0199. The Hall–Kier alpha value is -3.50. The van der Waals surface area contributed by atoms with Gasteiger partial charge in [-0.05, 0) is 54.0 Å². The summed E-state index contributed by atoms with van der Waals surface area (Å²) in [5.74, 6) is -2.46. The van der Waals surface area contributed by atoms with Gasteiger partial charge in [0.2, 0.25) is 11.8 Å². The average Bonchev–Trinajstić information content (AvgIpc) is 2.99. The van der Waals surface area contributed by atoms with Crippen molar-refractivity contribution in [3.8, 4) is 0 Å². The second kappa shape index (κ2) is 17.8. The number of halogens is 2. The van der Waals surface area contributed by atoms with E-state index in [-0.39, 0.29) is 62.1 Å². The van der Waals surface area contributed by atoms with E-state index in [0.29, 0.717) is 12.8 Å². The fourth-order valence-electron chi connectivity index (χ4n) is 4.83. The van der Waals surface area contributed by atoms with Crippen molar-refractivity contribution in [3.63, 3.8) is 0 Å². The van der Waals surface area contributed by atoms with Crippen LogP contribution < -0.4 is 10.6 Å². The van der Waals surface area contributed by atoms with Gasteiger partial charge in [0.15, 0.2) is 5.78 Å². The molecule has 0 aliphatic carbocycles. The number of ether oxygens (including phenoxy) is 1. The highest BCUT2D eigenvalue weighted by molar-refractivity contribution is 5.86. The van der Waals surface area contributed by atoms with Gasteiger partial charge in [-0.2, -0.15) is 0 Å². The van der Waals surface area contributed by atoms with Crippen LogP contribution in [0.5, 0.6) is 0 Å². The average molecular weight is 673 g/mol. The van der Waals surface area contributed by atoms with Crippen LogP contribution in [0.3, 0.4) is 0 Å². The highest BCUT2D eigenvalue weighted by Gasteiger charge is 2.33. The molecule has 0 radical (unpaired) electrons. The molecular formula is C38H54F2N2O6. The number of carbonyl (C=O) groups is 4. The van der Waals surface area contributed by atoms with Gasteiger partial charge in [0.25, 0.3) is 0 Å². The highest BCUT2D eigenvalue weighted by Crippen LogP contribution is 2.30. The zero-order chi connectivity index (χ0) is 36.3. The lowest BCUT2D eigenvalue weighted by Crippen LogP contribution is -2.52. The number of hydrogen-bond donors (Lipinski definition) is 3. The summed E-state index contributed by atoms with van der Waals surface area (Å²) >= 11 is 0. The summed E-state index contributed by atoms with van der Waals surface area (Å²) in [5, 5.41) is 16.6. The van der Waals surface area contributed by atoms with Crippen molar-refractivity contribution >= 4 is 23.4 Å². The van der Waals surface area contributed by atoms with E-state index >= 15 is 0 Å². The Bertz CT molecular complexity index is 1380. The van der Waals surface area contributed by atoms with E-state index < -0.39 is 51.9 Å². The predicted octanol–water partition coefficient (Wildman–Crippen LogP) is 6.26. The van der Waals surface area contributed by atoms with Crippen molar-refractivity contribution in [3.05, 3.63) is 71.3 Å². The van der Waals surface area contributed by atoms with Crippen molar-refractivity contribution < 1.29 is 37.8 Å². The smallest absolute Gasteiger partial charge is 0.225 e. The summed E-state index contributed by atoms with van der Waals surface area (Å²) in [6, 6.07) is 10.9. The third kappa shape index (κ3) is 14.3. The fraction of sp³-hybridized carbons (Fsp3) is 0.579. The van der Waals surface area contributed by atoms with Crippen LogP contribution in [-0.4, -0.2) is 53.3 Å². The molecule has 3 N–H and O–H groups in total. The van der Waals surface area contributed by atoms with E-state index in [4.69, 9.17) is 4.74 Å². The van der Waals surface area contributed by atoms with Crippen LogP contribution in [0.2, 0.25) is 0 Å². The molecule has 2 rings (SSSR count). The Kier molecular flexibility index (Phi) is 15.1. The summed E-state index contributed by atoms with van der Waals surface area (Å²) in [6.45, 7) is 14.4. The largest absolute Gasteiger partial charge is 0.383 e. The van der Waals surface area contributed by atoms with Gasteiger partial charge in [0.1, 0.15) is 23.5 Å². The first-order valence-electron chi connectivity index (χ1n) is 16.6. The molecular weight excluding hydrogens is 618 g/mol. The molecule has 0 fully saturated rings. The van der Waals surface area contributed by atoms with E-state index in [0.717, 1.165) is 23.8 Å². The summed E-state index contributed by atoms with van der Waals surface area (Å²) in [6.07, 6.45) is -0.632. The van der Waals surface area contributed by atoms with Crippen LogP contribution in [0.25, 0.3) is 0 Å². The third-order valence-electron chi connectivity index (χ3n) is 8.21. The lowest BCUT2D eigenvalue weighted by Gasteiger charge is -2.29. The van der Waals surface area contributed by atoms with Gasteiger partial charge in [-0.15, -0.1) is 0 Å². The van der Waals surface area contributed by atoms with Crippen molar-refractivity contribution in [2.75, 3.05) is 6.61 Å². The molecule has 0 saturated carbocycles. The van der Waals surface area contributed by atoms with Crippen molar-refractivity contribution in [1.29, 1.82) is 0 Å². The van der Waals surface area contributed by atoms with Crippen LogP contribution >= 0.6 is 0 Å². The maximum absolute atomic E-state index is 14.4. The molecule has 10 heteroatoms. The summed E-state index contributed by atoms with van der Waals surface area (Å²) in [7, 11) is 0. The number of carbonyl (C=O) groups excluding carboxylic acids is 4. The Morgan fingerprint density at radius 1 is 0.812 bits per heavy atom. The number of hydrogen-bond acceptors (Lipinski definition) is 6. The standard InChI is InChI=1S/C38H54F2N2O6/c1-36(2,3)34(46)41-28(21-26-20-27(39)14-15-30(26)40)22-29(43)16-18-38(7,8)19-17-32(44)33(45)31(42-35(47)37(4,5)6)24-48-23-25-12-10-9-11-13-25/h9-15,20,28,31,33,45H,16-19,21-24H2,1-8H3,(H,41,46)(H,42,47)/t28-,31+,33-/m0/s1. The lowest BCUT2D eigenvalue weighted by molar-refractivity contribution is -0.135. The van der Waals surface area contributed by atoms with Crippen LogP contribution in [-0.2, 0) is 36.9 Å². The van der Waals surface area contributed by atoms with Crippen LogP contribution in [0.4, 0.5) is 8.78 Å². The van der Waals surface area contributed by atoms with Crippen molar-refractivity contribution in [2.24, 2.45) is 16.2 Å². The Balaban J connectivity index is 2.00. The number of ketones is 2. The van der Waals surface area contributed by atoms with Gasteiger partial charge in [0.05, 0.1) is 19.3 Å². The van der Waals surface area contributed by atoms with E-state index in [9.17, 15) is 33.1 Å². The molecule has 0 aliphatic rings. The molecule has 3 atom stereocenters. The second-order valence-electron chi connectivity index (χ2n) is 15.5. The Morgan fingerprint density at radius 2 is 1.40 bits per heavy atom. The molecule has 0 heterocycles.